The van der Waals surface area contributed by atoms with Crippen LogP contribution in [0.3, 0.4) is 0 Å². The van der Waals surface area contributed by atoms with Crippen LogP contribution in [0.5, 0.6) is 0 Å². The van der Waals surface area contributed by atoms with E-state index in [1.807, 2.05) is 0 Å². The highest BCUT2D eigenvalue weighted by Gasteiger charge is 2.05. The van der Waals surface area contributed by atoms with Crippen LogP contribution in [-0.2, 0) is 14.6 Å². The molecule has 0 spiro atoms. The molecule has 4 heteroatoms. The fourth-order valence-electron chi connectivity index (χ4n) is 1.02. The molecule has 0 bridgehead atoms. The third kappa shape index (κ3) is 7.96. The van der Waals surface area contributed by atoms with Gasteiger partial charge in [-0.25, -0.2) is 8.42 Å². The van der Waals surface area contributed by atoms with E-state index in [0.29, 0.717) is 12.8 Å². The number of rotatable bonds is 7. The second-order valence-electron chi connectivity index (χ2n) is 3.25. The maximum atomic E-state index is 11.0. The molecule has 0 saturated heterocycles. The van der Waals surface area contributed by atoms with Gasteiger partial charge in [0, 0.05) is 12.2 Å². The normalized spacial score (nSPS) is 11.5. The molecule has 0 N–H and O–H groups in total. The lowest BCUT2D eigenvalue weighted by molar-refractivity contribution is -0.117. The molecule has 78 valence electrons. The predicted octanol–water partition coefficient (Wildman–Crippen LogP) is 1.57. The van der Waals surface area contributed by atoms with Crippen molar-refractivity contribution in [2.75, 3.05) is 11.5 Å². The first-order valence-electron chi connectivity index (χ1n) is 4.68. The first-order valence-corrected chi connectivity index (χ1v) is 6.50. The number of Topliss-reactive ketones (excluding diaryl/α,β-unsaturated/α-hetero) is 1. The van der Waals surface area contributed by atoms with Crippen molar-refractivity contribution in [1.82, 2.24) is 0 Å². The van der Waals surface area contributed by atoms with Gasteiger partial charge in [0.25, 0.3) is 0 Å². The van der Waals surface area contributed by atoms with Crippen LogP contribution >= 0.6 is 0 Å². The number of unbranched alkanes of at least 4 members (excludes halogenated alkanes) is 2. The highest BCUT2D eigenvalue weighted by Crippen LogP contribution is 2.03. The Hall–Kier alpha value is -0.380. The molecule has 0 unspecified atom stereocenters. The van der Waals surface area contributed by atoms with Gasteiger partial charge in [0.1, 0.15) is 15.6 Å². The number of carbonyl (C=O) groups is 1. The summed E-state index contributed by atoms with van der Waals surface area (Å²) in [6.45, 7) is 3.22. The van der Waals surface area contributed by atoms with Crippen molar-refractivity contribution in [1.29, 1.82) is 0 Å². The van der Waals surface area contributed by atoms with E-state index in [1.54, 1.807) is 13.8 Å². The number of hydrogen-bond donors (Lipinski definition) is 0. The molecule has 3 nitrogen and oxygen atoms in total. The number of ketones is 1. The van der Waals surface area contributed by atoms with Crippen LogP contribution in [0, 0.1) is 0 Å². The molecular weight excluding hydrogens is 188 g/mol. The van der Waals surface area contributed by atoms with Crippen LogP contribution in [0.15, 0.2) is 0 Å². The van der Waals surface area contributed by atoms with Gasteiger partial charge in [0.05, 0.1) is 5.75 Å². The Bertz CT molecular complexity index is 242. The summed E-state index contributed by atoms with van der Waals surface area (Å²) in [6.07, 6.45) is 2.91. The molecule has 0 radical (unpaired) electrons. The standard InChI is InChI=1S/C9H18O3S/c1-3-13(11,12)8-6-4-5-7-9(2)10/h3-8H2,1-2H3. The quantitative estimate of drug-likeness (QED) is 0.594. The highest BCUT2D eigenvalue weighted by atomic mass is 32.2. The molecule has 0 aromatic carbocycles. The van der Waals surface area contributed by atoms with E-state index in [2.05, 4.69) is 0 Å². The fraction of sp³-hybridized carbons (Fsp3) is 0.889. The zero-order chi connectivity index (χ0) is 10.3. The maximum absolute atomic E-state index is 11.0. The molecule has 13 heavy (non-hydrogen) atoms. The number of carbonyl (C=O) groups excluding carboxylic acids is 1. The van der Waals surface area contributed by atoms with Crippen molar-refractivity contribution in [2.24, 2.45) is 0 Å². The van der Waals surface area contributed by atoms with E-state index in [9.17, 15) is 13.2 Å². The van der Waals surface area contributed by atoms with E-state index in [-0.39, 0.29) is 17.3 Å². The predicted molar refractivity (Wildman–Crippen MR) is 53.5 cm³/mol. The molecule has 0 aliphatic heterocycles. The number of hydrogen-bond acceptors (Lipinski definition) is 3. The second kappa shape index (κ2) is 6.13. The van der Waals surface area contributed by atoms with Gasteiger partial charge in [-0.05, 0) is 19.8 Å². The Morgan fingerprint density at radius 3 is 2.23 bits per heavy atom. The molecule has 0 aromatic rings. The third-order valence-corrected chi connectivity index (χ3v) is 3.71. The van der Waals surface area contributed by atoms with Gasteiger partial charge in [0.2, 0.25) is 0 Å². The summed E-state index contributed by atoms with van der Waals surface area (Å²) < 4.78 is 22.1. The average molecular weight is 206 g/mol. The van der Waals surface area contributed by atoms with Gasteiger partial charge >= 0.3 is 0 Å². The zero-order valence-electron chi connectivity index (χ0n) is 8.38. The average Bonchev–Trinajstić information content (AvgIpc) is 2.03. The van der Waals surface area contributed by atoms with E-state index >= 15 is 0 Å². The third-order valence-electron chi connectivity index (χ3n) is 1.92. The van der Waals surface area contributed by atoms with Crippen LogP contribution < -0.4 is 0 Å². The van der Waals surface area contributed by atoms with Crippen molar-refractivity contribution in [2.45, 2.75) is 39.5 Å². The lowest BCUT2D eigenvalue weighted by Crippen LogP contribution is -2.08. The Kier molecular flexibility index (Phi) is 5.95. The SMILES string of the molecule is CCS(=O)(=O)CCCCCC(C)=O. The molecule has 0 aliphatic carbocycles. The molecule has 0 saturated carbocycles. The molecule has 0 fully saturated rings. The molecule has 0 rings (SSSR count). The Morgan fingerprint density at radius 1 is 1.15 bits per heavy atom. The largest absolute Gasteiger partial charge is 0.300 e. The van der Waals surface area contributed by atoms with Gasteiger partial charge in [-0.3, -0.25) is 0 Å². The summed E-state index contributed by atoms with van der Waals surface area (Å²) in [5, 5.41) is 0. The summed E-state index contributed by atoms with van der Waals surface area (Å²) in [7, 11) is -2.81. The van der Waals surface area contributed by atoms with Crippen molar-refractivity contribution < 1.29 is 13.2 Å². The van der Waals surface area contributed by atoms with Crippen LogP contribution in [0.25, 0.3) is 0 Å². The minimum Gasteiger partial charge on any atom is -0.300 e. The van der Waals surface area contributed by atoms with Gasteiger partial charge in [-0.2, -0.15) is 0 Å². The number of sulfone groups is 1. The minimum absolute atomic E-state index is 0.179. The van der Waals surface area contributed by atoms with Crippen LogP contribution in [0.2, 0.25) is 0 Å². The minimum atomic E-state index is -2.81. The lowest BCUT2D eigenvalue weighted by Gasteiger charge is -2.00. The van der Waals surface area contributed by atoms with Crippen molar-refractivity contribution >= 4 is 15.6 Å². The summed E-state index contributed by atoms with van der Waals surface area (Å²) in [6, 6.07) is 0. The molecule has 0 amide bonds. The van der Waals surface area contributed by atoms with Crippen LogP contribution in [0.4, 0.5) is 0 Å². The van der Waals surface area contributed by atoms with Gasteiger partial charge in [-0.1, -0.05) is 13.3 Å². The van der Waals surface area contributed by atoms with E-state index < -0.39 is 9.84 Å². The smallest absolute Gasteiger partial charge is 0.150 e. The van der Waals surface area contributed by atoms with Crippen molar-refractivity contribution in [3.63, 3.8) is 0 Å². The second-order valence-corrected chi connectivity index (χ2v) is 5.72. The van der Waals surface area contributed by atoms with Gasteiger partial charge in [0.15, 0.2) is 0 Å². The van der Waals surface area contributed by atoms with Crippen molar-refractivity contribution in [3.8, 4) is 0 Å². The van der Waals surface area contributed by atoms with Crippen LogP contribution in [0.1, 0.15) is 39.5 Å². The van der Waals surface area contributed by atoms with Crippen LogP contribution in [-0.4, -0.2) is 25.7 Å². The lowest BCUT2D eigenvalue weighted by atomic mass is 10.2. The molecule has 0 aromatic heterocycles. The molecule has 0 atom stereocenters. The highest BCUT2D eigenvalue weighted by molar-refractivity contribution is 7.91. The molecular formula is C9H18O3S. The van der Waals surface area contributed by atoms with Gasteiger partial charge < -0.3 is 4.79 Å². The summed E-state index contributed by atoms with van der Waals surface area (Å²) >= 11 is 0. The molecule has 0 aliphatic rings. The van der Waals surface area contributed by atoms with Gasteiger partial charge in [-0.15, -0.1) is 0 Å². The Balaban J connectivity index is 3.42. The monoisotopic (exact) mass is 206 g/mol. The summed E-state index contributed by atoms with van der Waals surface area (Å²) in [5.74, 6) is 0.666. The summed E-state index contributed by atoms with van der Waals surface area (Å²) in [5.41, 5.74) is 0. The zero-order valence-corrected chi connectivity index (χ0v) is 9.19. The first-order chi connectivity index (χ1) is 5.98. The fourth-order valence-corrected chi connectivity index (χ4v) is 1.95. The maximum Gasteiger partial charge on any atom is 0.150 e. The van der Waals surface area contributed by atoms with E-state index in [1.165, 1.54) is 0 Å². The summed E-state index contributed by atoms with van der Waals surface area (Å²) in [4.78, 5) is 10.5. The molecule has 0 heterocycles. The van der Waals surface area contributed by atoms with E-state index in [0.717, 1.165) is 12.8 Å². The Labute approximate surface area is 80.4 Å². The topological polar surface area (TPSA) is 51.2 Å². The van der Waals surface area contributed by atoms with E-state index in [4.69, 9.17) is 0 Å². The Morgan fingerprint density at radius 2 is 1.77 bits per heavy atom. The first kappa shape index (κ1) is 12.6. The van der Waals surface area contributed by atoms with Crippen molar-refractivity contribution in [3.05, 3.63) is 0 Å².